The largest absolute Gasteiger partial charge is 0.465 e. The topological polar surface area (TPSA) is 81.8 Å². The number of nitrogens with zero attached hydrogens (tertiary/aromatic N) is 1. The van der Waals surface area contributed by atoms with Gasteiger partial charge >= 0.3 is 5.97 Å². The van der Waals surface area contributed by atoms with Gasteiger partial charge in [-0.3, -0.25) is 14.6 Å². The van der Waals surface area contributed by atoms with Gasteiger partial charge in [-0.1, -0.05) is 30.3 Å². The van der Waals surface area contributed by atoms with Gasteiger partial charge in [0, 0.05) is 0 Å². The molecular weight excluding hydrogens is 232 g/mol. The molecule has 0 aliphatic carbocycles. The second-order valence-electron chi connectivity index (χ2n) is 3.95. The quantitative estimate of drug-likeness (QED) is 0.610. The normalized spacial score (nSPS) is 18.7. The molecule has 1 aliphatic rings. The second kappa shape index (κ2) is 5.00. The summed E-state index contributed by atoms with van der Waals surface area (Å²) in [5.74, 6) is -1.54. The predicted molar refractivity (Wildman–Crippen MR) is 66.2 cm³/mol. The average Bonchev–Trinajstić information content (AvgIpc) is 3.08. The summed E-state index contributed by atoms with van der Waals surface area (Å²) in [6, 6.07) is 8.14. The smallest absolute Gasteiger partial charge is 0.321 e. The molecular formula is C13H14N2O3. The summed E-state index contributed by atoms with van der Waals surface area (Å²) in [6.45, 7) is 1.93. The number of aliphatic imine (C=N–C) groups is 1. The average molecular weight is 246 g/mol. The number of benzene rings is 1. The van der Waals surface area contributed by atoms with Crippen molar-refractivity contribution in [1.29, 1.82) is 0 Å². The van der Waals surface area contributed by atoms with Crippen molar-refractivity contribution in [2.75, 3.05) is 6.61 Å². The Kier molecular flexibility index (Phi) is 3.41. The number of Topliss-reactive ketones (excluding diaryl/α,β-unsaturated/α-hetero) is 1. The maximum atomic E-state index is 12.1. The van der Waals surface area contributed by atoms with Crippen LogP contribution >= 0.6 is 0 Å². The number of hydrogen-bond acceptors (Lipinski definition) is 5. The van der Waals surface area contributed by atoms with Crippen LogP contribution in [0.1, 0.15) is 18.4 Å². The van der Waals surface area contributed by atoms with Crippen LogP contribution in [-0.2, 0) is 14.3 Å². The monoisotopic (exact) mass is 246 g/mol. The Morgan fingerprint density at radius 2 is 2.00 bits per heavy atom. The van der Waals surface area contributed by atoms with Crippen LogP contribution in [0.3, 0.4) is 0 Å². The molecule has 2 unspecified atom stereocenters. The first-order valence-electron chi connectivity index (χ1n) is 5.73. The number of ketones is 1. The van der Waals surface area contributed by atoms with E-state index in [-0.39, 0.29) is 18.2 Å². The highest BCUT2D eigenvalue weighted by Gasteiger charge is 2.41. The molecule has 0 amide bonds. The number of amidine groups is 1. The molecule has 0 aromatic heterocycles. The van der Waals surface area contributed by atoms with Crippen molar-refractivity contribution in [1.82, 2.24) is 0 Å². The molecule has 18 heavy (non-hydrogen) atoms. The van der Waals surface area contributed by atoms with Gasteiger partial charge in [-0.2, -0.15) is 0 Å². The summed E-state index contributed by atoms with van der Waals surface area (Å²) < 4.78 is 4.94. The van der Waals surface area contributed by atoms with Gasteiger partial charge in [0.1, 0.15) is 11.8 Å². The molecule has 0 saturated carbocycles. The fraction of sp³-hybridized carbons (Fsp3) is 0.308. The number of carbonyl (C=O) groups excluding carboxylic acids is 2. The molecule has 1 aliphatic heterocycles. The molecule has 0 radical (unpaired) electrons. The maximum absolute atomic E-state index is 12.1. The molecule has 1 heterocycles. The van der Waals surface area contributed by atoms with Gasteiger partial charge in [0.25, 0.3) is 0 Å². The summed E-state index contributed by atoms with van der Waals surface area (Å²) in [6.07, 6.45) is 0. The van der Waals surface area contributed by atoms with E-state index in [1.165, 1.54) is 0 Å². The zero-order valence-corrected chi connectivity index (χ0v) is 10.00. The van der Waals surface area contributed by atoms with Crippen LogP contribution in [0.5, 0.6) is 0 Å². The highest BCUT2D eigenvalue weighted by Crippen LogP contribution is 2.24. The summed E-state index contributed by atoms with van der Waals surface area (Å²) in [7, 11) is 0. The minimum atomic E-state index is -0.944. The third-order valence-electron chi connectivity index (χ3n) is 2.70. The lowest BCUT2D eigenvalue weighted by Gasteiger charge is -2.14. The van der Waals surface area contributed by atoms with E-state index >= 15 is 0 Å². The summed E-state index contributed by atoms with van der Waals surface area (Å²) in [4.78, 5) is 27.8. The van der Waals surface area contributed by atoms with Crippen LogP contribution in [-0.4, -0.2) is 30.2 Å². The van der Waals surface area contributed by atoms with E-state index < -0.39 is 17.9 Å². The van der Waals surface area contributed by atoms with E-state index in [0.29, 0.717) is 5.56 Å². The Morgan fingerprint density at radius 1 is 1.39 bits per heavy atom. The molecule has 2 rings (SSSR count). The Hall–Kier alpha value is -2.17. The van der Waals surface area contributed by atoms with Crippen molar-refractivity contribution in [3.63, 3.8) is 0 Å². The molecule has 0 bridgehead atoms. The number of hydrogen-bond donors (Lipinski definition) is 1. The van der Waals surface area contributed by atoms with Crippen molar-refractivity contribution in [3.05, 3.63) is 35.9 Å². The zero-order chi connectivity index (χ0) is 13.1. The van der Waals surface area contributed by atoms with Crippen LogP contribution in [0.25, 0.3) is 0 Å². The van der Waals surface area contributed by atoms with E-state index in [4.69, 9.17) is 10.5 Å². The van der Waals surface area contributed by atoms with Crippen LogP contribution in [0.4, 0.5) is 0 Å². The maximum Gasteiger partial charge on any atom is 0.321 e. The van der Waals surface area contributed by atoms with E-state index in [9.17, 15) is 9.59 Å². The SMILES string of the molecule is CCOC(=O)C(C(=O)C1N=C1N)c1ccccc1. The first-order valence-corrected chi connectivity index (χ1v) is 5.73. The Morgan fingerprint density at radius 3 is 2.50 bits per heavy atom. The molecule has 0 spiro atoms. The first-order chi connectivity index (χ1) is 8.65. The molecule has 0 saturated heterocycles. The third-order valence-corrected chi connectivity index (χ3v) is 2.70. The first kappa shape index (κ1) is 12.3. The molecule has 5 nitrogen and oxygen atoms in total. The van der Waals surface area contributed by atoms with Crippen LogP contribution in [0.15, 0.2) is 35.3 Å². The van der Waals surface area contributed by atoms with E-state index in [0.717, 1.165) is 0 Å². The molecule has 1 aromatic carbocycles. The highest BCUT2D eigenvalue weighted by molar-refractivity contribution is 6.22. The van der Waals surface area contributed by atoms with E-state index in [1.807, 2.05) is 6.07 Å². The number of rotatable bonds is 5. The van der Waals surface area contributed by atoms with E-state index in [1.54, 1.807) is 31.2 Å². The lowest BCUT2D eigenvalue weighted by Crippen LogP contribution is -2.30. The van der Waals surface area contributed by atoms with Crippen molar-refractivity contribution in [2.24, 2.45) is 10.7 Å². The van der Waals surface area contributed by atoms with Gasteiger partial charge in [0.15, 0.2) is 11.8 Å². The fourth-order valence-corrected chi connectivity index (χ4v) is 1.77. The van der Waals surface area contributed by atoms with Gasteiger partial charge < -0.3 is 10.5 Å². The van der Waals surface area contributed by atoms with Crippen LogP contribution in [0.2, 0.25) is 0 Å². The summed E-state index contributed by atoms with van der Waals surface area (Å²) in [5.41, 5.74) is 6.04. The van der Waals surface area contributed by atoms with Gasteiger partial charge in [0.05, 0.1) is 6.61 Å². The molecule has 1 aromatic rings. The third kappa shape index (κ3) is 2.40. The lowest BCUT2D eigenvalue weighted by atomic mass is 9.92. The molecule has 0 fully saturated rings. The molecule has 94 valence electrons. The van der Waals surface area contributed by atoms with Gasteiger partial charge in [-0.25, -0.2) is 0 Å². The van der Waals surface area contributed by atoms with Crippen molar-refractivity contribution >= 4 is 17.6 Å². The highest BCUT2D eigenvalue weighted by atomic mass is 16.5. The van der Waals surface area contributed by atoms with Crippen LogP contribution in [0, 0.1) is 0 Å². The summed E-state index contributed by atoms with van der Waals surface area (Å²) >= 11 is 0. The van der Waals surface area contributed by atoms with Crippen LogP contribution < -0.4 is 5.73 Å². The minimum Gasteiger partial charge on any atom is -0.465 e. The Bertz CT molecular complexity index is 496. The minimum absolute atomic E-state index is 0.233. The second-order valence-corrected chi connectivity index (χ2v) is 3.95. The molecule has 2 atom stereocenters. The van der Waals surface area contributed by atoms with Gasteiger partial charge in [0.2, 0.25) is 0 Å². The van der Waals surface area contributed by atoms with Crippen molar-refractivity contribution < 1.29 is 14.3 Å². The molecule has 5 heteroatoms. The summed E-state index contributed by atoms with van der Waals surface area (Å²) in [5, 5.41) is 0. The number of ether oxygens (including phenoxy) is 1. The van der Waals surface area contributed by atoms with Crippen molar-refractivity contribution in [3.8, 4) is 0 Å². The van der Waals surface area contributed by atoms with Crippen molar-refractivity contribution in [2.45, 2.75) is 18.9 Å². The zero-order valence-electron chi connectivity index (χ0n) is 10.00. The number of carbonyl (C=O) groups is 2. The number of esters is 1. The van der Waals surface area contributed by atoms with Gasteiger partial charge in [-0.15, -0.1) is 0 Å². The van der Waals surface area contributed by atoms with Gasteiger partial charge in [-0.05, 0) is 12.5 Å². The number of nitrogens with two attached hydrogens (primary N) is 1. The Labute approximate surface area is 105 Å². The standard InChI is InChI=1S/C13H14N2O3/c1-2-18-13(17)9(8-6-4-3-5-7-8)11(16)10-12(14)15-10/h3-7,9-10H,2H2,1H3,(H2,14,15). The lowest BCUT2D eigenvalue weighted by molar-refractivity contribution is -0.147. The molecule has 2 N–H and O–H groups in total. The Balaban J connectivity index is 2.23. The fourth-order valence-electron chi connectivity index (χ4n) is 1.77. The van der Waals surface area contributed by atoms with E-state index in [2.05, 4.69) is 4.99 Å². The predicted octanol–water partition coefficient (Wildman–Crippen LogP) is 0.642.